The molecule has 0 aliphatic heterocycles. The summed E-state index contributed by atoms with van der Waals surface area (Å²) in [6.45, 7) is 0. The zero-order valence-corrected chi connectivity index (χ0v) is 12.4. The van der Waals surface area contributed by atoms with Crippen LogP contribution in [0.25, 0.3) is 0 Å². The molecule has 0 heterocycles. The fraction of sp³-hybridized carbons (Fsp3) is 0.176. The highest BCUT2D eigenvalue weighted by Crippen LogP contribution is 2.33. The van der Waals surface area contributed by atoms with Crippen molar-refractivity contribution in [2.24, 2.45) is 0 Å². The van der Waals surface area contributed by atoms with Crippen LogP contribution in [0, 0.1) is 0 Å². The van der Waals surface area contributed by atoms with Gasteiger partial charge in [0.2, 0.25) is 0 Å². The molecule has 2 aromatic carbocycles. The van der Waals surface area contributed by atoms with Gasteiger partial charge in [-0.3, -0.25) is 9.59 Å². The van der Waals surface area contributed by atoms with Crippen molar-refractivity contribution >= 4 is 28.9 Å². The number of rotatable bonds is 3. The van der Waals surface area contributed by atoms with Gasteiger partial charge in [0, 0.05) is 34.7 Å². The second-order valence-corrected chi connectivity index (χ2v) is 5.59. The number of benzene rings is 2. The molecule has 4 nitrogen and oxygen atoms in total. The molecule has 5 heteroatoms. The van der Waals surface area contributed by atoms with Crippen molar-refractivity contribution in [1.82, 2.24) is 0 Å². The first kappa shape index (κ1) is 14.8. The maximum atomic E-state index is 12.7. The largest absolute Gasteiger partial charge is 0.398 e. The van der Waals surface area contributed by atoms with E-state index in [0.717, 1.165) is 0 Å². The summed E-state index contributed by atoms with van der Waals surface area (Å²) in [5, 5.41) is 9.68. The molecule has 1 unspecified atom stereocenters. The summed E-state index contributed by atoms with van der Waals surface area (Å²) < 4.78 is 0. The van der Waals surface area contributed by atoms with Gasteiger partial charge in [-0.25, -0.2) is 0 Å². The number of halogens is 1. The third-order valence-electron chi connectivity index (χ3n) is 3.86. The highest BCUT2D eigenvalue weighted by molar-refractivity contribution is 6.30. The van der Waals surface area contributed by atoms with Crippen LogP contribution in [0.2, 0.25) is 0 Å². The fourth-order valence-corrected chi connectivity index (χ4v) is 2.85. The minimum atomic E-state index is -0.747. The van der Waals surface area contributed by atoms with E-state index in [-0.39, 0.29) is 35.1 Å². The normalized spacial score (nSPS) is 14.5. The van der Waals surface area contributed by atoms with Gasteiger partial charge in [-0.05, 0) is 11.6 Å². The van der Waals surface area contributed by atoms with Crippen molar-refractivity contribution in [2.75, 3.05) is 11.6 Å². The number of aliphatic hydroxyl groups is 1. The zero-order valence-electron chi connectivity index (χ0n) is 11.7. The summed E-state index contributed by atoms with van der Waals surface area (Å²) in [4.78, 5) is 25.2. The first-order valence-corrected chi connectivity index (χ1v) is 7.41. The lowest BCUT2D eigenvalue weighted by Crippen LogP contribution is -2.24. The van der Waals surface area contributed by atoms with Crippen LogP contribution < -0.4 is 5.73 Å². The Morgan fingerprint density at radius 3 is 2.27 bits per heavy atom. The second kappa shape index (κ2) is 5.55. The number of hydrogen-bond acceptors (Lipinski definition) is 4. The number of nitrogens with two attached hydrogens (primary N) is 1. The molecule has 0 saturated carbocycles. The Kier molecular flexibility index (Phi) is 3.72. The highest BCUT2D eigenvalue weighted by atomic mass is 35.5. The van der Waals surface area contributed by atoms with Crippen molar-refractivity contribution in [1.29, 1.82) is 0 Å². The molecule has 0 spiro atoms. The lowest BCUT2D eigenvalue weighted by Gasteiger charge is -2.21. The number of hydrogen-bond donors (Lipinski definition) is 2. The monoisotopic (exact) mass is 315 g/mol. The minimum Gasteiger partial charge on any atom is -0.398 e. The Morgan fingerprint density at radius 1 is 1.00 bits per heavy atom. The lowest BCUT2D eigenvalue weighted by atomic mass is 9.82. The van der Waals surface area contributed by atoms with E-state index in [2.05, 4.69) is 0 Å². The van der Waals surface area contributed by atoms with E-state index in [9.17, 15) is 14.7 Å². The summed E-state index contributed by atoms with van der Waals surface area (Å²) in [5.41, 5.74) is 8.25. The Hall–Kier alpha value is -2.17. The number of ketones is 2. The van der Waals surface area contributed by atoms with Crippen molar-refractivity contribution in [2.45, 2.75) is 12.5 Å². The molecule has 0 fully saturated rings. The van der Waals surface area contributed by atoms with E-state index in [0.29, 0.717) is 22.3 Å². The molecule has 0 bridgehead atoms. The van der Waals surface area contributed by atoms with E-state index in [1.807, 2.05) is 0 Å². The smallest absolute Gasteiger partial charge is 0.196 e. The second-order valence-electron chi connectivity index (χ2n) is 5.28. The highest BCUT2D eigenvalue weighted by Gasteiger charge is 2.31. The number of anilines is 1. The number of aliphatic hydroxyl groups excluding tert-OH is 1. The third-order valence-corrected chi connectivity index (χ3v) is 4.21. The molecule has 0 radical (unpaired) electrons. The number of carbonyl (C=O) groups is 2. The van der Waals surface area contributed by atoms with Gasteiger partial charge in [-0.1, -0.05) is 30.3 Å². The molecular formula is C17H14ClNO3. The van der Waals surface area contributed by atoms with Crippen LogP contribution >= 0.6 is 11.6 Å². The van der Waals surface area contributed by atoms with E-state index in [1.54, 1.807) is 36.4 Å². The topological polar surface area (TPSA) is 80.4 Å². The molecule has 1 atom stereocenters. The lowest BCUT2D eigenvalue weighted by molar-refractivity contribution is 0.0979. The van der Waals surface area contributed by atoms with Crippen molar-refractivity contribution in [3.05, 3.63) is 64.2 Å². The van der Waals surface area contributed by atoms with Crippen LogP contribution in [-0.4, -0.2) is 28.7 Å². The zero-order chi connectivity index (χ0) is 15.9. The van der Waals surface area contributed by atoms with Crippen LogP contribution in [0.15, 0.2) is 36.4 Å². The summed E-state index contributed by atoms with van der Waals surface area (Å²) in [6.07, 6.45) is -0.505. The fourth-order valence-electron chi connectivity index (χ4n) is 2.74. The molecular weight excluding hydrogens is 302 g/mol. The van der Waals surface area contributed by atoms with E-state index in [1.165, 1.54) is 0 Å². The Morgan fingerprint density at radius 2 is 1.64 bits per heavy atom. The quantitative estimate of drug-likeness (QED) is 0.573. The number of fused-ring (bicyclic) bond motifs is 2. The predicted octanol–water partition coefficient (Wildman–Crippen LogP) is 2.19. The van der Waals surface area contributed by atoms with Gasteiger partial charge in [0.05, 0.1) is 11.7 Å². The molecule has 22 heavy (non-hydrogen) atoms. The van der Waals surface area contributed by atoms with Crippen LogP contribution in [0.4, 0.5) is 5.69 Å². The first-order chi connectivity index (χ1) is 10.5. The molecule has 112 valence electrons. The van der Waals surface area contributed by atoms with Crippen LogP contribution in [0.5, 0.6) is 0 Å². The summed E-state index contributed by atoms with van der Waals surface area (Å²) in [7, 11) is 0. The number of alkyl halides is 1. The standard InChI is InChI=1S/C17H14ClNO3/c18-8-10(20)7-9-5-6-13-14(15(9)19)17(22)12-4-2-1-3-11(12)16(13)21/h1-6,10,20H,7-8,19H2. The summed E-state index contributed by atoms with van der Waals surface area (Å²) >= 11 is 5.60. The average molecular weight is 316 g/mol. The number of carbonyl (C=O) groups excluding carboxylic acids is 2. The van der Waals surface area contributed by atoms with Gasteiger partial charge in [0.15, 0.2) is 11.6 Å². The molecule has 0 aromatic heterocycles. The van der Waals surface area contributed by atoms with E-state index in [4.69, 9.17) is 17.3 Å². The minimum absolute atomic E-state index is 0.0756. The van der Waals surface area contributed by atoms with E-state index >= 15 is 0 Å². The summed E-state index contributed by atoms with van der Waals surface area (Å²) in [6, 6.07) is 9.97. The van der Waals surface area contributed by atoms with Crippen molar-refractivity contribution in [3.8, 4) is 0 Å². The van der Waals surface area contributed by atoms with Crippen LogP contribution in [0.1, 0.15) is 37.4 Å². The molecule has 1 aliphatic carbocycles. The third kappa shape index (κ3) is 2.21. The van der Waals surface area contributed by atoms with Crippen molar-refractivity contribution < 1.29 is 14.7 Å². The maximum Gasteiger partial charge on any atom is 0.196 e. The van der Waals surface area contributed by atoms with Gasteiger partial charge in [0.25, 0.3) is 0 Å². The molecule has 1 aliphatic rings. The SMILES string of the molecule is Nc1c(CC(O)CCl)ccc2c1C(=O)c1ccccc1C2=O. The molecule has 0 amide bonds. The van der Waals surface area contributed by atoms with Crippen LogP contribution in [0.3, 0.4) is 0 Å². The summed E-state index contributed by atoms with van der Waals surface area (Å²) in [5.74, 6) is -0.391. The van der Waals surface area contributed by atoms with Gasteiger partial charge in [0.1, 0.15) is 0 Å². The van der Waals surface area contributed by atoms with E-state index < -0.39 is 6.10 Å². The van der Waals surface area contributed by atoms with Crippen molar-refractivity contribution in [3.63, 3.8) is 0 Å². The average Bonchev–Trinajstić information content (AvgIpc) is 2.54. The molecule has 3 N–H and O–H groups in total. The Labute approximate surface area is 132 Å². The molecule has 2 aromatic rings. The Bertz CT molecular complexity index is 785. The Balaban J connectivity index is 2.15. The van der Waals surface area contributed by atoms with Gasteiger partial charge in [-0.2, -0.15) is 0 Å². The van der Waals surface area contributed by atoms with Crippen LogP contribution in [-0.2, 0) is 6.42 Å². The molecule has 0 saturated heterocycles. The maximum absolute atomic E-state index is 12.7. The van der Waals surface area contributed by atoms with Gasteiger partial charge < -0.3 is 10.8 Å². The number of nitrogen functional groups attached to an aromatic ring is 1. The van der Waals surface area contributed by atoms with Gasteiger partial charge in [-0.15, -0.1) is 11.6 Å². The predicted molar refractivity (Wildman–Crippen MR) is 84.6 cm³/mol. The first-order valence-electron chi connectivity index (χ1n) is 6.88. The molecule has 3 rings (SSSR count). The van der Waals surface area contributed by atoms with Gasteiger partial charge >= 0.3 is 0 Å².